The van der Waals surface area contributed by atoms with Gasteiger partial charge in [-0.3, -0.25) is 25.3 Å². The highest BCUT2D eigenvalue weighted by Gasteiger charge is 2.22. The van der Waals surface area contributed by atoms with Crippen molar-refractivity contribution in [2.45, 2.75) is 6.92 Å². The summed E-state index contributed by atoms with van der Waals surface area (Å²) in [5.74, 6) is -0.225. The van der Waals surface area contributed by atoms with E-state index in [0.29, 0.717) is 5.82 Å². The first kappa shape index (κ1) is 12.9. The van der Waals surface area contributed by atoms with Crippen LogP contribution in [-0.2, 0) is 0 Å². The summed E-state index contributed by atoms with van der Waals surface area (Å²) in [6, 6.07) is 1.11. The van der Waals surface area contributed by atoms with E-state index in [4.69, 9.17) is 11.6 Å². The summed E-state index contributed by atoms with van der Waals surface area (Å²) in [4.78, 5) is 29.4. The molecule has 0 unspecified atom stereocenters. The Balaban J connectivity index is 2.32. The molecular weight excluding hydrogens is 276 g/mol. The Kier molecular flexibility index (Phi) is 3.38. The third kappa shape index (κ3) is 2.83. The number of nitrogens with zero attached hydrogens (tertiary/aromatic N) is 4. The van der Waals surface area contributed by atoms with Crippen molar-refractivity contribution >= 4 is 29.1 Å². The minimum Gasteiger partial charge on any atom is -0.289 e. The van der Waals surface area contributed by atoms with Crippen LogP contribution in [-0.4, -0.2) is 31.0 Å². The topological polar surface area (TPSA) is 127 Å². The molecule has 2 aromatic rings. The van der Waals surface area contributed by atoms with E-state index in [9.17, 15) is 14.9 Å². The number of hydrogen-bond acceptors (Lipinski definition) is 6. The molecule has 0 atom stereocenters. The summed E-state index contributed by atoms with van der Waals surface area (Å²) in [6.07, 6.45) is 0.917. The summed E-state index contributed by atoms with van der Waals surface area (Å²) in [6.45, 7) is 1.65. The van der Waals surface area contributed by atoms with Gasteiger partial charge in [-0.2, -0.15) is 4.98 Å². The fourth-order valence-electron chi connectivity index (χ4n) is 1.32. The Hall–Kier alpha value is -2.55. The van der Waals surface area contributed by atoms with Crippen molar-refractivity contribution in [1.29, 1.82) is 0 Å². The van der Waals surface area contributed by atoms with Gasteiger partial charge in [0.25, 0.3) is 11.6 Å². The van der Waals surface area contributed by atoms with Gasteiger partial charge >= 0.3 is 0 Å². The summed E-state index contributed by atoms with van der Waals surface area (Å²) < 4.78 is 0. The lowest BCUT2D eigenvalue weighted by Crippen LogP contribution is -2.15. The largest absolute Gasteiger partial charge is 0.300 e. The highest BCUT2D eigenvalue weighted by molar-refractivity contribution is 6.30. The molecule has 0 fully saturated rings. The Morgan fingerprint density at radius 3 is 2.89 bits per heavy atom. The number of aromatic amines is 1. The Labute approximate surface area is 111 Å². The van der Waals surface area contributed by atoms with Crippen molar-refractivity contribution in [2.24, 2.45) is 0 Å². The van der Waals surface area contributed by atoms with Crippen LogP contribution >= 0.6 is 11.6 Å². The molecule has 9 nitrogen and oxygen atoms in total. The number of carbonyl (C=O) groups excluding carboxylic acids is 1. The van der Waals surface area contributed by atoms with Crippen molar-refractivity contribution in [3.8, 4) is 0 Å². The van der Waals surface area contributed by atoms with Crippen molar-refractivity contribution in [2.75, 3.05) is 5.32 Å². The second-order valence-corrected chi connectivity index (χ2v) is 3.87. The van der Waals surface area contributed by atoms with Crippen LogP contribution in [0.3, 0.4) is 0 Å². The maximum atomic E-state index is 11.9. The molecular formula is C9H7ClN6O3. The summed E-state index contributed by atoms with van der Waals surface area (Å²) in [7, 11) is 0. The molecule has 0 bridgehead atoms. The first-order valence-electron chi connectivity index (χ1n) is 4.97. The first-order valence-corrected chi connectivity index (χ1v) is 5.35. The number of nitrogens with one attached hydrogen (secondary N) is 2. The van der Waals surface area contributed by atoms with Gasteiger partial charge in [-0.15, -0.1) is 5.10 Å². The second-order valence-electron chi connectivity index (χ2n) is 3.48. The molecule has 0 saturated carbocycles. The molecule has 0 aliphatic carbocycles. The average Bonchev–Trinajstić information content (AvgIpc) is 2.74. The Morgan fingerprint density at radius 2 is 2.32 bits per heavy atom. The standard InChI is InChI=1S/C9H7ClN6O3/c1-4-12-9(15-14-4)13-8(17)5-2-7(10)11-3-6(5)16(18)19/h2-3H,1H3,(H2,12,13,14,15,17). The lowest BCUT2D eigenvalue weighted by Gasteiger charge is -2.02. The molecule has 2 aromatic heterocycles. The molecule has 0 aliphatic heterocycles. The van der Waals surface area contributed by atoms with Crippen molar-refractivity contribution in [3.63, 3.8) is 0 Å². The quantitative estimate of drug-likeness (QED) is 0.496. The number of anilines is 1. The van der Waals surface area contributed by atoms with Crippen molar-refractivity contribution in [1.82, 2.24) is 20.2 Å². The number of carbonyl (C=O) groups is 1. The molecule has 0 radical (unpaired) electrons. The van der Waals surface area contributed by atoms with Gasteiger partial charge in [0.05, 0.1) is 4.92 Å². The van der Waals surface area contributed by atoms with Crippen molar-refractivity contribution < 1.29 is 9.72 Å². The predicted molar refractivity (Wildman–Crippen MR) is 65.0 cm³/mol. The Bertz CT molecular complexity index is 655. The monoisotopic (exact) mass is 282 g/mol. The summed E-state index contributed by atoms with van der Waals surface area (Å²) in [5, 5.41) is 19.3. The molecule has 0 aliphatic rings. The van der Waals surface area contributed by atoms with E-state index < -0.39 is 16.5 Å². The SMILES string of the molecule is Cc1nc(NC(=O)c2cc(Cl)ncc2[N+](=O)[O-])n[nH]1. The number of aryl methyl sites for hydroxylation is 1. The van der Waals surface area contributed by atoms with E-state index >= 15 is 0 Å². The van der Waals surface area contributed by atoms with Gasteiger partial charge in [0.1, 0.15) is 22.7 Å². The Morgan fingerprint density at radius 1 is 1.58 bits per heavy atom. The van der Waals surface area contributed by atoms with Crippen LogP contribution in [0.4, 0.5) is 11.6 Å². The average molecular weight is 283 g/mol. The molecule has 1 amide bonds. The van der Waals surface area contributed by atoms with Crippen LogP contribution in [0.1, 0.15) is 16.2 Å². The van der Waals surface area contributed by atoms with Crippen LogP contribution < -0.4 is 5.32 Å². The minimum atomic E-state index is -0.741. The van der Waals surface area contributed by atoms with E-state index in [1.807, 2.05) is 0 Å². The lowest BCUT2D eigenvalue weighted by atomic mass is 10.2. The van der Waals surface area contributed by atoms with Crippen LogP contribution in [0.2, 0.25) is 5.15 Å². The van der Waals surface area contributed by atoms with Gasteiger partial charge in [0.15, 0.2) is 0 Å². The third-order valence-corrected chi connectivity index (χ3v) is 2.32. The van der Waals surface area contributed by atoms with Crippen LogP contribution in [0.15, 0.2) is 12.3 Å². The van der Waals surface area contributed by atoms with E-state index in [1.165, 1.54) is 0 Å². The maximum Gasteiger partial charge on any atom is 0.300 e. The zero-order valence-corrected chi connectivity index (χ0v) is 10.3. The van der Waals surface area contributed by atoms with E-state index in [2.05, 4.69) is 25.5 Å². The fraction of sp³-hybridized carbons (Fsp3) is 0.111. The molecule has 98 valence electrons. The van der Waals surface area contributed by atoms with Gasteiger partial charge in [-0.1, -0.05) is 11.6 Å². The van der Waals surface area contributed by atoms with Gasteiger partial charge in [0, 0.05) is 0 Å². The van der Waals surface area contributed by atoms with Crippen LogP contribution in [0, 0.1) is 17.0 Å². The number of halogens is 1. The van der Waals surface area contributed by atoms with Gasteiger partial charge < -0.3 is 0 Å². The first-order chi connectivity index (χ1) is 8.97. The molecule has 0 aromatic carbocycles. The van der Waals surface area contributed by atoms with Crippen LogP contribution in [0.25, 0.3) is 0 Å². The number of rotatable bonds is 3. The lowest BCUT2D eigenvalue weighted by molar-refractivity contribution is -0.385. The third-order valence-electron chi connectivity index (χ3n) is 2.11. The fourth-order valence-corrected chi connectivity index (χ4v) is 1.48. The maximum absolute atomic E-state index is 11.9. The van der Waals surface area contributed by atoms with E-state index in [-0.39, 0.29) is 16.7 Å². The minimum absolute atomic E-state index is 0.0183. The molecule has 2 heterocycles. The number of hydrogen-bond donors (Lipinski definition) is 2. The molecule has 19 heavy (non-hydrogen) atoms. The molecule has 0 saturated heterocycles. The highest BCUT2D eigenvalue weighted by atomic mass is 35.5. The highest BCUT2D eigenvalue weighted by Crippen LogP contribution is 2.21. The van der Waals surface area contributed by atoms with Crippen LogP contribution in [0.5, 0.6) is 0 Å². The molecule has 0 spiro atoms. The molecule has 2 N–H and O–H groups in total. The van der Waals surface area contributed by atoms with Gasteiger partial charge in [0.2, 0.25) is 5.95 Å². The van der Waals surface area contributed by atoms with E-state index in [1.54, 1.807) is 6.92 Å². The van der Waals surface area contributed by atoms with E-state index in [0.717, 1.165) is 12.3 Å². The zero-order valence-electron chi connectivity index (χ0n) is 9.55. The van der Waals surface area contributed by atoms with Crippen molar-refractivity contribution in [3.05, 3.63) is 38.9 Å². The predicted octanol–water partition coefficient (Wildman–Crippen LogP) is 1.32. The molecule has 10 heteroatoms. The second kappa shape index (κ2) is 4.98. The number of amides is 1. The van der Waals surface area contributed by atoms with Gasteiger partial charge in [-0.25, -0.2) is 4.98 Å². The number of nitro groups is 1. The number of pyridine rings is 1. The molecule has 2 rings (SSSR count). The summed E-state index contributed by atoms with van der Waals surface area (Å²) >= 11 is 5.62. The number of H-pyrrole nitrogens is 1. The summed E-state index contributed by atoms with van der Waals surface area (Å²) in [5.41, 5.74) is -0.665. The van der Waals surface area contributed by atoms with Gasteiger partial charge in [-0.05, 0) is 13.0 Å². The zero-order chi connectivity index (χ0) is 14.0. The smallest absolute Gasteiger partial charge is 0.289 e. The number of aromatic nitrogens is 4. The normalized spacial score (nSPS) is 10.2.